The highest BCUT2D eigenvalue weighted by Crippen LogP contribution is 2.31. The maximum absolute atomic E-state index is 10.7. The quantitative estimate of drug-likeness (QED) is 0.674. The topological polar surface area (TPSA) is 77.3 Å². The van der Waals surface area contributed by atoms with Crippen LogP contribution in [0.25, 0.3) is 0 Å². The normalized spacial score (nSPS) is 11.9. The van der Waals surface area contributed by atoms with Crippen LogP contribution in [0.4, 0.5) is 11.4 Å². The summed E-state index contributed by atoms with van der Waals surface area (Å²) in [5.41, 5.74) is 1.65. The number of hydrogen-bond donors (Lipinski definition) is 1. The molecule has 1 aromatic carbocycles. The van der Waals surface area contributed by atoms with E-state index >= 15 is 0 Å². The predicted octanol–water partition coefficient (Wildman–Crippen LogP) is 3.54. The third kappa shape index (κ3) is 3.05. The third-order valence-corrected chi connectivity index (χ3v) is 3.64. The second-order valence-electron chi connectivity index (χ2n) is 4.30. The van der Waals surface area contributed by atoms with Crippen LogP contribution in [0.2, 0.25) is 0 Å². The molecular weight excluding hydrogens is 278 g/mol. The molecule has 1 atom stereocenters. The molecule has 1 unspecified atom stereocenters. The van der Waals surface area contributed by atoms with Crippen molar-refractivity contribution in [3.63, 3.8) is 0 Å². The van der Waals surface area contributed by atoms with Crippen LogP contribution >= 0.6 is 11.3 Å². The number of non-ortho nitro benzene ring substituents is 1. The molecule has 0 fully saturated rings. The molecule has 2 aromatic rings. The maximum Gasteiger partial charge on any atom is 0.273 e. The zero-order valence-corrected chi connectivity index (χ0v) is 12.2. The van der Waals surface area contributed by atoms with Gasteiger partial charge >= 0.3 is 0 Å². The second kappa shape index (κ2) is 5.87. The number of nitro benzene ring substituents is 1. The molecule has 0 aliphatic heterocycles. The Balaban J connectivity index is 2.22. The lowest BCUT2D eigenvalue weighted by atomic mass is 10.2. The summed E-state index contributed by atoms with van der Waals surface area (Å²) in [5.74, 6) is 0.443. The molecule has 7 heteroatoms. The largest absolute Gasteiger partial charge is 0.494 e. The summed E-state index contributed by atoms with van der Waals surface area (Å²) >= 11 is 1.59. The summed E-state index contributed by atoms with van der Waals surface area (Å²) in [6.07, 6.45) is 0. The average Bonchev–Trinajstić information content (AvgIpc) is 2.85. The number of nitrogens with one attached hydrogen (secondary N) is 1. The zero-order chi connectivity index (χ0) is 14.7. The fraction of sp³-hybridized carbons (Fsp3) is 0.308. The number of aryl methyl sites for hydroxylation is 1. The predicted molar refractivity (Wildman–Crippen MR) is 78.5 cm³/mol. The van der Waals surface area contributed by atoms with Crippen molar-refractivity contribution in [3.8, 4) is 5.75 Å². The third-order valence-electron chi connectivity index (χ3n) is 2.85. The van der Waals surface area contributed by atoms with Crippen molar-refractivity contribution in [2.75, 3.05) is 12.4 Å². The molecule has 1 aromatic heterocycles. The number of aromatic nitrogens is 1. The van der Waals surface area contributed by atoms with Gasteiger partial charge in [0.25, 0.3) is 5.69 Å². The molecule has 0 bridgehead atoms. The minimum atomic E-state index is -0.445. The van der Waals surface area contributed by atoms with Gasteiger partial charge in [0.2, 0.25) is 0 Å². The summed E-state index contributed by atoms with van der Waals surface area (Å²) in [4.78, 5) is 14.7. The first-order valence-corrected chi connectivity index (χ1v) is 6.90. The van der Waals surface area contributed by atoms with Gasteiger partial charge in [-0.2, -0.15) is 0 Å². The molecule has 1 heterocycles. The van der Waals surface area contributed by atoms with Gasteiger partial charge in [0, 0.05) is 11.4 Å². The first-order valence-electron chi connectivity index (χ1n) is 6.02. The van der Waals surface area contributed by atoms with Gasteiger partial charge < -0.3 is 10.1 Å². The standard InChI is InChI=1S/C13H15N3O3S/c1-8(12-7-20-9(2)15-12)14-11-5-4-10(16(17)18)6-13(11)19-3/h4-8,14H,1-3H3. The lowest BCUT2D eigenvalue weighted by molar-refractivity contribution is -0.384. The van der Waals surface area contributed by atoms with Crippen LogP contribution in [0.15, 0.2) is 23.6 Å². The lowest BCUT2D eigenvalue weighted by Gasteiger charge is -2.15. The van der Waals surface area contributed by atoms with Gasteiger partial charge in [0.15, 0.2) is 0 Å². The van der Waals surface area contributed by atoms with Gasteiger partial charge in [-0.05, 0) is 19.9 Å². The minimum Gasteiger partial charge on any atom is -0.494 e. The fourth-order valence-corrected chi connectivity index (χ4v) is 2.51. The Morgan fingerprint density at radius 2 is 2.25 bits per heavy atom. The Morgan fingerprint density at radius 3 is 2.80 bits per heavy atom. The first-order chi connectivity index (χ1) is 9.51. The summed E-state index contributed by atoms with van der Waals surface area (Å²) in [7, 11) is 1.49. The molecule has 1 N–H and O–H groups in total. The summed E-state index contributed by atoms with van der Waals surface area (Å²) in [5, 5.41) is 17.0. The number of hydrogen-bond acceptors (Lipinski definition) is 6. The second-order valence-corrected chi connectivity index (χ2v) is 5.36. The molecule has 0 aliphatic carbocycles. The monoisotopic (exact) mass is 293 g/mol. The van der Waals surface area contributed by atoms with E-state index in [1.54, 1.807) is 17.4 Å². The molecule has 0 saturated carbocycles. The number of nitro groups is 1. The van der Waals surface area contributed by atoms with Crippen molar-refractivity contribution in [1.29, 1.82) is 0 Å². The van der Waals surface area contributed by atoms with E-state index in [9.17, 15) is 10.1 Å². The highest BCUT2D eigenvalue weighted by atomic mass is 32.1. The van der Waals surface area contributed by atoms with Gasteiger partial charge in [-0.3, -0.25) is 10.1 Å². The molecule has 0 radical (unpaired) electrons. The van der Waals surface area contributed by atoms with E-state index in [0.717, 1.165) is 10.7 Å². The molecule has 0 spiro atoms. The fourth-order valence-electron chi connectivity index (χ4n) is 1.80. The van der Waals surface area contributed by atoms with E-state index in [2.05, 4.69) is 10.3 Å². The van der Waals surface area contributed by atoms with E-state index in [1.165, 1.54) is 19.2 Å². The highest BCUT2D eigenvalue weighted by Gasteiger charge is 2.14. The number of benzene rings is 1. The molecule has 20 heavy (non-hydrogen) atoms. The first kappa shape index (κ1) is 14.3. The van der Waals surface area contributed by atoms with E-state index in [1.807, 2.05) is 19.2 Å². The van der Waals surface area contributed by atoms with Gasteiger partial charge in [-0.15, -0.1) is 11.3 Å². The van der Waals surface area contributed by atoms with E-state index in [4.69, 9.17) is 4.74 Å². The number of nitrogens with zero attached hydrogens (tertiary/aromatic N) is 2. The molecule has 0 saturated heterocycles. The van der Waals surface area contributed by atoms with Crippen LogP contribution in [-0.4, -0.2) is 17.0 Å². The van der Waals surface area contributed by atoms with Gasteiger partial charge in [0.05, 0.1) is 40.5 Å². The molecule has 0 amide bonds. The maximum atomic E-state index is 10.7. The Labute approximate surface area is 120 Å². The highest BCUT2D eigenvalue weighted by molar-refractivity contribution is 7.09. The van der Waals surface area contributed by atoms with Crippen molar-refractivity contribution in [2.24, 2.45) is 0 Å². The van der Waals surface area contributed by atoms with Crippen molar-refractivity contribution >= 4 is 22.7 Å². The molecule has 106 valence electrons. The van der Waals surface area contributed by atoms with Crippen molar-refractivity contribution in [1.82, 2.24) is 4.98 Å². The summed E-state index contributed by atoms with van der Waals surface area (Å²) < 4.78 is 5.19. The number of rotatable bonds is 5. The summed E-state index contributed by atoms with van der Waals surface area (Å²) in [6, 6.07) is 4.49. The number of ether oxygens (including phenoxy) is 1. The zero-order valence-electron chi connectivity index (χ0n) is 11.4. The summed E-state index contributed by atoms with van der Waals surface area (Å²) in [6.45, 7) is 3.93. The van der Waals surface area contributed by atoms with Crippen molar-refractivity contribution in [2.45, 2.75) is 19.9 Å². The van der Waals surface area contributed by atoms with Crippen molar-refractivity contribution < 1.29 is 9.66 Å². The van der Waals surface area contributed by atoms with Crippen LogP contribution in [0, 0.1) is 17.0 Å². The van der Waals surface area contributed by atoms with Crippen LogP contribution in [-0.2, 0) is 0 Å². The van der Waals surface area contributed by atoms with Crippen LogP contribution in [0.3, 0.4) is 0 Å². The Hall–Kier alpha value is -2.15. The molecule has 6 nitrogen and oxygen atoms in total. The molecule has 2 rings (SSSR count). The molecular formula is C13H15N3O3S. The Bertz CT molecular complexity index is 627. The minimum absolute atomic E-state index is 0.00422. The van der Waals surface area contributed by atoms with E-state index in [-0.39, 0.29) is 11.7 Å². The smallest absolute Gasteiger partial charge is 0.273 e. The van der Waals surface area contributed by atoms with E-state index in [0.29, 0.717) is 11.4 Å². The van der Waals surface area contributed by atoms with Crippen LogP contribution in [0.1, 0.15) is 23.7 Å². The Kier molecular flexibility index (Phi) is 4.19. The van der Waals surface area contributed by atoms with Gasteiger partial charge in [-0.25, -0.2) is 4.98 Å². The Morgan fingerprint density at radius 1 is 1.50 bits per heavy atom. The van der Waals surface area contributed by atoms with Crippen LogP contribution in [0.5, 0.6) is 5.75 Å². The van der Waals surface area contributed by atoms with Gasteiger partial charge in [-0.1, -0.05) is 0 Å². The average molecular weight is 293 g/mol. The van der Waals surface area contributed by atoms with Crippen molar-refractivity contribution in [3.05, 3.63) is 44.4 Å². The van der Waals surface area contributed by atoms with Crippen LogP contribution < -0.4 is 10.1 Å². The van der Waals surface area contributed by atoms with E-state index < -0.39 is 4.92 Å². The van der Waals surface area contributed by atoms with Gasteiger partial charge in [0.1, 0.15) is 5.75 Å². The number of thiazole rings is 1. The lowest BCUT2D eigenvalue weighted by Crippen LogP contribution is -2.08. The number of anilines is 1. The number of methoxy groups -OCH3 is 1. The SMILES string of the molecule is COc1cc([N+](=O)[O-])ccc1NC(C)c1csc(C)n1. The molecule has 0 aliphatic rings.